The Labute approximate surface area is 94.2 Å². The van der Waals surface area contributed by atoms with Crippen molar-refractivity contribution in [1.82, 2.24) is 5.32 Å². The molecule has 0 aliphatic carbocycles. The lowest BCUT2D eigenvalue weighted by molar-refractivity contribution is -0.117. The summed E-state index contributed by atoms with van der Waals surface area (Å²) in [5.74, 6) is -0.295. The van der Waals surface area contributed by atoms with Gasteiger partial charge in [-0.3, -0.25) is 4.79 Å². The van der Waals surface area contributed by atoms with Gasteiger partial charge in [0.2, 0.25) is 5.91 Å². The number of hydrogen-bond acceptors (Lipinski definition) is 3. The number of aliphatic hydroxyl groups is 2. The van der Waals surface area contributed by atoms with Gasteiger partial charge in [-0.1, -0.05) is 30.3 Å². The summed E-state index contributed by atoms with van der Waals surface area (Å²) in [4.78, 5) is 11.2. The van der Waals surface area contributed by atoms with Gasteiger partial charge in [-0.25, -0.2) is 0 Å². The van der Waals surface area contributed by atoms with Crippen molar-refractivity contribution < 1.29 is 15.0 Å². The Balaban J connectivity index is 2.37. The van der Waals surface area contributed by atoms with Gasteiger partial charge in [0.25, 0.3) is 0 Å². The van der Waals surface area contributed by atoms with Gasteiger partial charge in [-0.05, 0) is 11.6 Å². The van der Waals surface area contributed by atoms with Crippen molar-refractivity contribution in [1.29, 1.82) is 0 Å². The fourth-order valence-corrected chi connectivity index (χ4v) is 1.08. The molecule has 0 bridgehead atoms. The van der Waals surface area contributed by atoms with Gasteiger partial charge in [-0.15, -0.1) is 0 Å². The average Bonchev–Trinajstić information content (AvgIpc) is 2.34. The summed E-state index contributed by atoms with van der Waals surface area (Å²) >= 11 is 0. The van der Waals surface area contributed by atoms with Crippen LogP contribution >= 0.6 is 0 Å². The standard InChI is InChI=1S/C12H15NO3/c14-9-11(15)8-13-12(16)7-6-10-4-2-1-3-5-10/h1-7,11,14-15H,8-9H2,(H,13,16)/b7-6-/t11-/m1/s1. The maximum absolute atomic E-state index is 11.2. The third-order valence-corrected chi connectivity index (χ3v) is 1.95. The van der Waals surface area contributed by atoms with Crippen molar-refractivity contribution in [2.24, 2.45) is 0 Å². The summed E-state index contributed by atoms with van der Waals surface area (Å²) in [5.41, 5.74) is 0.931. The second-order valence-corrected chi connectivity index (χ2v) is 3.33. The van der Waals surface area contributed by atoms with Crippen LogP contribution in [0.15, 0.2) is 36.4 Å². The van der Waals surface area contributed by atoms with E-state index in [0.717, 1.165) is 5.56 Å². The summed E-state index contributed by atoms with van der Waals surface area (Å²) < 4.78 is 0. The van der Waals surface area contributed by atoms with E-state index in [-0.39, 0.29) is 19.1 Å². The van der Waals surface area contributed by atoms with Crippen LogP contribution in [0.25, 0.3) is 6.08 Å². The largest absolute Gasteiger partial charge is 0.394 e. The molecule has 3 N–H and O–H groups in total. The van der Waals surface area contributed by atoms with Crippen molar-refractivity contribution in [3.8, 4) is 0 Å². The molecule has 1 aromatic carbocycles. The van der Waals surface area contributed by atoms with Gasteiger partial charge >= 0.3 is 0 Å². The Morgan fingerprint density at radius 3 is 2.69 bits per heavy atom. The fraction of sp³-hybridized carbons (Fsp3) is 0.250. The van der Waals surface area contributed by atoms with Crippen molar-refractivity contribution in [3.63, 3.8) is 0 Å². The molecule has 0 radical (unpaired) electrons. The molecule has 0 unspecified atom stereocenters. The second-order valence-electron chi connectivity index (χ2n) is 3.33. The lowest BCUT2D eigenvalue weighted by atomic mass is 10.2. The Morgan fingerprint density at radius 1 is 1.38 bits per heavy atom. The summed E-state index contributed by atoms with van der Waals surface area (Å²) in [6.45, 7) is -0.308. The Morgan fingerprint density at radius 2 is 2.06 bits per heavy atom. The first-order chi connectivity index (χ1) is 7.72. The maximum Gasteiger partial charge on any atom is 0.244 e. The zero-order chi connectivity index (χ0) is 11.8. The van der Waals surface area contributed by atoms with Crippen LogP contribution in [0.2, 0.25) is 0 Å². The molecule has 0 spiro atoms. The molecule has 16 heavy (non-hydrogen) atoms. The highest BCUT2D eigenvalue weighted by atomic mass is 16.3. The topological polar surface area (TPSA) is 69.6 Å². The highest BCUT2D eigenvalue weighted by molar-refractivity contribution is 5.91. The minimum absolute atomic E-state index is 0.0501. The van der Waals surface area contributed by atoms with Crippen LogP contribution in [0.4, 0.5) is 0 Å². The van der Waals surface area contributed by atoms with E-state index < -0.39 is 6.10 Å². The molecule has 1 atom stereocenters. The van der Waals surface area contributed by atoms with E-state index in [2.05, 4.69) is 5.32 Å². The van der Waals surface area contributed by atoms with E-state index in [1.54, 1.807) is 6.08 Å². The lowest BCUT2D eigenvalue weighted by Gasteiger charge is -2.06. The molecule has 0 aromatic heterocycles. The van der Waals surface area contributed by atoms with E-state index in [1.807, 2.05) is 30.3 Å². The number of carbonyl (C=O) groups is 1. The van der Waals surface area contributed by atoms with E-state index in [0.29, 0.717) is 0 Å². The number of amides is 1. The van der Waals surface area contributed by atoms with E-state index in [1.165, 1.54) is 6.08 Å². The fourth-order valence-electron chi connectivity index (χ4n) is 1.08. The smallest absolute Gasteiger partial charge is 0.244 e. The predicted molar refractivity (Wildman–Crippen MR) is 61.6 cm³/mol. The summed E-state index contributed by atoms with van der Waals surface area (Å²) in [7, 11) is 0. The number of rotatable bonds is 5. The third-order valence-electron chi connectivity index (χ3n) is 1.95. The molecule has 0 saturated heterocycles. The van der Waals surface area contributed by atoms with E-state index >= 15 is 0 Å². The number of hydrogen-bond donors (Lipinski definition) is 3. The first-order valence-electron chi connectivity index (χ1n) is 5.02. The van der Waals surface area contributed by atoms with Crippen molar-refractivity contribution in [2.75, 3.05) is 13.2 Å². The molecule has 0 aliphatic heterocycles. The van der Waals surface area contributed by atoms with Crippen LogP contribution in [-0.2, 0) is 4.79 Å². The lowest BCUT2D eigenvalue weighted by Crippen LogP contribution is -2.32. The van der Waals surface area contributed by atoms with Gasteiger partial charge in [0.1, 0.15) is 0 Å². The first kappa shape index (κ1) is 12.4. The molecule has 0 aliphatic rings. The van der Waals surface area contributed by atoms with Crippen LogP contribution in [-0.4, -0.2) is 35.4 Å². The second kappa shape index (κ2) is 6.76. The molecule has 1 amide bonds. The molecule has 0 fully saturated rings. The van der Waals surface area contributed by atoms with Crippen molar-refractivity contribution in [2.45, 2.75) is 6.10 Å². The Bertz CT molecular complexity index is 349. The van der Waals surface area contributed by atoms with Gasteiger partial charge in [0.05, 0.1) is 12.7 Å². The highest BCUT2D eigenvalue weighted by Crippen LogP contribution is 2.00. The molecule has 0 saturated carbocycles. The molecule has 86 valence electrons. The normalized spacial score (nSPS) is 12.6. The number of carbonyl (C=O) groups excluding carboxylic acids is 1. The monoisotopic (exact) mass is 221 g/mol. The SMILES string of the molecule is O=C(/C=C\c1ccccc1)NC[C@@H](O)CO. The number of nitrogens with one attached hydrogen (secondary N) is 1. The Kier molecular flexibility index (Phi) is 5.25. The van der Waals surface area contributed by atoms with Crippen LogP contribution in [0.5, 0.6) is 0 Å². The summed E-state index contributed by atoms with van der Waals surface area (Å²) in [5, 5.41) is 20.0. The van der Waals surface area contributed by atoms with Gasteiger partial charge in [-0.2, -0.15) is 0 Å². The van der Waals surface area contributed by atoms with Crippen LogP contribution in [0, 0.1) is 0 Å². The zero-order valence-corrected chi connectivity index (χ0v) is 8.84. The molecule has 1 rings (SSSR count). The minimum atomic E-state index is -0.908. The van der Waals surface area contributed by atoms with Crippen molar-refractivity contribution >= 4 is 12.0 Å². The Hall–Kier alpha value is -1.65. The van der Waals surface area contributed by atoms with Crippen LogP contribution < -0.4 is 5.32 Å². The zero-order valence-electron chi connectivity index (χ0n) is 8.84. The summed E-state index contributed by atoms with van der Waals surface area (Å²) in [6.07, 6.45) is 2.16. The van der Waals surface area contributed by atoms with Gasteiger partial charge < -0.3 is 15.5 Å². The number of benzene rings is 1. The molecule has 0 heterocycles. The third kappa shape index (κ3) is 4.72. The first-order valence-corrected chi connectivity index (χ1v) is 5.02. The molecular weight excluding hydrogens is 206 g/mol. The number of aliphatic hydroxyl groups excluding tert-OH is 2. The van der Waals surface area contributed by atoms with Crippen LogP contribution in [0.3, 0.4) is 0 Å². The quantitative estimate of drug-likeness (QED) is 0.621. The molecule has 1 aromatic rings. The summed E-state index contributed by atoms with van der Waals surface area (Å²) in [6, 6.07) is 9.42. The predicted octanol–water partition coefficient (Wildman–Crippen LogP) is 0.169. The molecule has 4 nitrogen and oxygen atoms in total. The van der Waals surface area contributed by atoms with Gasteiger partial charge in [0, 0.05) is 12.6 Å². The molecule has 4 heteroatoms. The van der Waals surface area contributed by atoms with Crippen molar-refractivity contribution in [3.05, 3.63) is 42.0 Å². The van der Waals surface area contributed by atoms with E-state index in [4.69, 9.17) is 10.2 Å². The average molecular weight is 221 g/mol. The molecular formula is C12H15NO3. The maximum atomic E-state index is 11.2. The minimum Gasteiger partial charge on any atom is -0.394 e. The van der Waals surface area contributed by atoms with Crippen LogP contribution in [0.1, 0.15) is 5.56 Å². The van der Waals surface area contributed by atoms with E-state index in [9.17, 15) is 4.79 Å². The van der Waals surface area contributed by atoms with Gasteiger partial charge in [0.15, 0.2) is 0 Å². The highest BCUT2D eigenvalue weighted by Gasteiger charge is 2.02.